The molecule has 0 radical (unpaired) electrons. The van der Waals surface area contributed by atoms with Gasteiger partial charge in [-0.2, -0.15) is 11.8 Å². The van der Waals surface area contributed by atoms with Gasteiger partial charge in [0.1, 0.15) is 0 Å². The van der Waals surface area contributed by atoms with Gasteiger partial charge in [0.05, 0.1) is 0 Å². The van der Waals surface area contributed by atoms with Crippen molar-refractivity contribution in [2.45, 2.75) is 44.2 Å². The first-order chi connectivity index (χ1) is 7.69. The first-order valence-electron chi connectivity index (χ1n) is 6.06. The van der Waals surface area contributed by atoms with Gasteiger partial charge < -0.3 is 5.32 Å². The summed E-state index contributed by atoms with van der Waals surface area (Å²) in [4.78, 5) is 0. The van der Waals surface area contributed by atoms with Gasteiger partial charge in [0.25, 0.3) is 0 Å². The number of aryl methyl sites for hydroxylation is 2. The van der Waals surface area contributed by atoms with E-state index in [1.165, 1.54) is 23.3 Å². The van der Waals surface area contributed by atoms with Crippen LogP contribution in [0.4, 0.5) is 0 Å². The van der Waals surface area contributed by atoms with Gasteiger partial charge in [0, 0.05) is 17.0 Å². The monoisotopic (exact) mass is 235 g/mol. The van der Waals surface area contributed by atoms with Crippen LogP contribution in [0.1, 0.15) is 41.6 Å². The molecule has 16 heavy (non-hydrogen) atoms. The zero-order valence-corrected chi connectivity index (χ0v) is 11.4. The molecule has 1 nitrogen and oxygen atoms in total. The number of benzene rings is 1. The van der Waals surface area contributed by atoms with Crippen molar-refractivity contribution in [3.05, 3.63) is 34.4 Å². The number of fused-ring (bicyclic) bond motifs is 1. The Hall–Kier alpha value is -0.470. The zero-order valence-electron chi connectivity index (χ0n) is 10.6. The smallest absolute Gasteiger partial charge is 0.0443 e. The summed E-state index contributed by atoms with van der Waals surface area (Å²) in [5, 5.41) is 4.23. The summed E-state index contributed by atoms with van der Waals surface area (Å²) in [6, 6.07) is 5.05. The van der Waals surface area contributed by atoms with E-state index in [0.717, 1.165) is 5.25 Å². The average molecular weight is 235 g/mol. The van der Waals surface area contributed by atoms with Crippen LogP contribution in [-0.2, 0) is 5.75 Å². The lowest BCUT2D eigenvalue weighted by Crippen LogP contribution is -2.31. The normalized spacial score (nSPS) is 24.2. The molecule has 2 rings (SSSR count). The summed E-state index contributed by atoms with van der Waals surface area (Å²) >= 11 is 2.10. The van der Waals surface area contributed by atoms with Crippen LogP contribution in [0.5, 0.6) is 0 Å². The minimum Gasteiger partial charge on any atom is -0.312 e. The molecule has 2 unspecified atom stereocenters. The molecule has 0 aliphatic carbocycles. The van der Waals surface area contributed by atoms with E-state index in [1.54, 1.807) is 11.1 Å². The fourth-order valence-corrected chi connectivity index (χ4v) is 4.14. The van der Waals surface area contributed by atoms with Gasteiger partial charge in [-0.3, -0.25) is 0 Å². The molecule has 1 aromatic carbocycles. The van der Waals surface area contributed by atoms with Crippen molar-refractivity contribution < 1.29 is 0 Å². The largest absolute Gasteiger partial charge is 0.312 e. The molecule has 1 aromatic rings. The van der Waals surface area contributed by atoms with Crippen LogP contribution in [0.15, 0.2) is 12.1 Å². The minimum absolute atomic E-state index is 0.527. The van der Waals surface area contributed by atoms with Crippen molar-refractivity contribution in [3.63, 3.8) is 0 Å². The number of nitrogens with one attached hydrogen (secondary N) is 1. The lowest BCUT2D eigenvalue weighted by atomic mass is 9.90. The van der Waals surface area contributed by atoms with Crippen molar-refractivity contribution in [2.24, 2.45) is 0 Å². The van der Waals surface area contributed by atoms with E-state index in [1.807, 2.05) is 0 Å². The molecular formula is C14H21NS. The quantitative estimate of drug-likeness (QED) is 0.840. The highest BCUT2D eigenvalue weighted by atomic mass is 32.2. The molecule has 88 valence electrons. The summed E-state index contributed by atoms with van der Waals surface area (Å²) in [6.07, 6.45) is 1.24. The van der Waals surface area contributed by atoms with Gasteiger partial charge in [-0.1, -0.05) is 19.1 Å². The fraction of sp³-hybridized carbons (Fsp3) is 0.571. The maximum absolute atomic E-state index is 3.51. The van der Waals surface area contributed by atoms with Gasteiger partial charge in [-0.25, -0.2) is 0 Å². The second-order valence-electron chi connectivity index (χ2n) is 4.62. The first-order valence-corrected chi connectivity index (χ1v) is 7.11. The molecule has 1 aliphatic rings. The average Bonchev–Trinajstić information content (AvgIpc) is 2.32. The van der Waals surface area contributed by atoms with E-state index in [4.69, 9.17) is 0 Å². The highest BCUT2D eigenvalue weighted by Crippen LogP contribution is 2.41. The third kappa shape index (κ3) is 1.89. The molecule has 2 atom stereocenters. The Morgan fingerprint density at radius 1 is 1.31 bits per heavy atom. The Balaban J connectivity index is 2.51. The Bertz CT molecular complexity index is 387. The second kappa shape index (κ2) is 4.80. The third-order valence-electron chi connectivity index (χ3n) is 3.65. The van der Waals surface area contributed by atoms with Crippen molar-refractivity contribution in [1.82, 2.24) is 5.32 Å². The van der Waals surface area contributed by atoms with Gasteiger partial charge >= 0.3 is 0 Å². The lowest BCUT2D eigenvalue weighted by molar-refractivity contribution is 0.543. The van der Waals surface area contributed by atoms with E-state index in [0.29, 0.717) is 6.04 Å². The summed E-state index contributed by atoms with van der Waals surface area (Å²) in [5.74, 6) is 1.18. The predicted octanol–water partition coefficient (Wildman–Crippen LogP) is 3.59. The molecule has 0 bridgehead atoms. The van der Waals surface area contributed by atoms with Gasteiger partial charge in [-0.05, 0) is 49.6 Å². The topological polar surface area (TPSA) is 12.0 Å². The third-order valence-corrected chi connectivity index (χ3v) is 5.14. The number of thioether (sulfide) groups is 1. The fourth-order valence-electron chi connectivity index (χ4n) is 2.67. The van der Waals surface area contributed by atoms with Gasteiger partial charge in [-0.15, -0.1) is 0 Å². The highest BCUT2D eigenvalue weighted by molar-refractivity contribution is 7.99. The highest BCUT2D eigenvalue weighted by Gasteiger charge is 2.29. The van der Waals surface area contributed by atoms with Gasteiger partial charge in [0.2, 0.25) is 0 Å². The standard InChI is InChI=1S/C14H21NS/c1-5-12-14(15-4)13-10(3)7-6-9(2)11(13)8-16-12/h6-7,12,14-15H,5,8H2,1-4H3. The SMILES string of the molecule is CCC1SCc2c(C)ccc(C)c2C1NC. The molecule has 0 saturated heterocycles. The molecule has 0 saturated carbocycles. The van der Waals surface area contributed by atoms with Crippen LogP contribution in [-0.4, -0.2) is 12.3 Å². The van der Waals surface area contributed by atoms with Crippen molar-refractivity contribution in [3.8, 4) is 0 Å². The minimum atomic E-state index is 0.527. The second-order valence-corrected chi connectivity index (χ2v) is 5.84. The number of rotatable bonds is 2. The molecule has 0 spiro atoms. The van der Waals surface area contributed by atoms with Crippen molar-refractivity contribution in [2.75, 3.05) is 7.05 Å². The summed E-state index contributed by atoms with van der Waals surface area (Å²) in [5.41, 5.74) is 6.02. The van der Waals surface area contributed by atoms with Crippen molar-refractivity contribution >= 4 is 11.8 Å². The lowest BCUT2D eigenvalue weighted by Gasteiger charge is -2.34. The first kappa shape index (κ1) is 12.0. The van der Waals surface area contributed by atoms with E-state index >= 15 is 0 Å². The Labute approximate surface area is 103 Å². The number of hydrogen-bond donors (Lipinski definition) is 1. The summed E-state index contributed by atoms with van der Waals surface area (Å²) in [7, 11) is 2.09. The van der Waals surface area contributed by atoms with Crippen molar-refractivity contribution in [1.29, 1.82) is 0 Å². The van der Waals surface area contributed by atoms with Crippen LogP contribution in [0, 0.1) is 13.8 Å². The predicted molar refractivity (Wildman–Crippen MR) is 73.1 cm³/mol. The molecule has 1 aliphatic heterocycles. The van der Waals surface area contributed by atoms with Crippen LogP contribution in [0.2, 0.25) is 0 Å². The molecular weight excluding hydrogens is 214 g/mol. The Kier molecular flexibility index (Phi) is 3.60. The molecule has 1 N–H and O–H groups in total. The maximum Gasteiger partial charge on any atom is 0.0443 e. The van der Waals surface area contributed by atoms with E-state index < -0.39 is 0 Å². The molecule has 0 fully saturated rings. The molecule has 0 amide bonds. The zero-order chi connectivity index (χ0) is 11.7. The number of hydrogen-bond acceptors (Lipinski definition) is 2. The van der Waals surface area contributed by atoms with Crippen LogP contribution in [0.3, 0.4) is 0 Å². The van der Waals surface area contributed by atoms with Gasteiger partial charge in [0.15, 0.2) is 0 Å². The maximum atomic E-state index is 3.51. The van der Waals surface area contributed by atoms with E-state index in [2.05, 4.69) is 57.0 Å². The summed E-state index contributed by atoms with van der Waals surface area (Å²) < 4.78 is 0. The van der Waals surface area contributed by atoms with E-state index in [-0.39, 0.29) is 0 Å². The Morgan fingerprint density at radius 2 is 2.00 bits per heavy atom. The molecule has 0 aromatic heterocycles. The van der Waals surface area contributed by atoms with Crippen LogP contribution >= 0.6 is 11.8 Å². The van der Waals surface area contributed by atoms with Crippen LogP contribution in [0.25, 0.3) is 0 Å². The molecule has 1 heterocycles. The van der Waals surface area contributed by atoms with Crippen LogP contribution < -0.4 is 5.32 Å². The summed E-state index contributed by atoms with van der Waals surface area (Å²) in [6.45, 7) is 6.77. The molecule has 2 heteroatoms. The van der Waals surface area contributed by atoms with E-state index in [9.17, 15) is 0 Å². The Morgan fingerprint density at radius 3 is 2.62 bits per heavy atom.